The second-order valence-corrected chi connectivity index (χ2v) is 9.83. The number of ether oxygens (including phenoxy) is 1. The van der Waals surface area contributed by atoms with E-state index in [1.807, 2.05) is 26.1 Å². The second kappa shape index (κ2) is 9.57. The molecule has 4 aromatic heterocycles. The van der Waals surface area contributed by atoms with Gasteiger partial charge in [0, 0.05) is 44.0 Å². The zero-order valence-electron chi connectivity index (χ0n) is 22.3. The number of halogens is 3. The minimum Gasteiger partial charge on any atom is -0.480 e. The summed E-state index contributed by atoms with van der Waals surface area (Å²) in [5.74, 6) is 2.00. The predicted molar refractivity (Wildman–Crippen MR) is 142 cm³/mol. The van der Waals surface area contributed by atoms with Gasteiger partial charge in [-0.3, -0.25) is 4.68 Å². The van der Waals surface area contributed by atoms with E-state index in [0.29, 0.717) is 46.8 Å². The van der Waals surface area contributed by atoms with Gasteiger partial charge < -0.3 is 14.6 Å². The van der Waals surface area contributed by atoms with Crippen LogP contribution in [0.5, 0.6) is 5.88 Å². The first kappa shape index (κ1) is 25.7. The minimum atomic E-state index is -4.50. The van der Waals surface area contributed by atoms with E-state index in [4.69, 9.17) is 14.7 Å². The molecular formula is C27H26F3N9O. The fraction of sp³-hybridized carbons (Fsp3) is 0.333. The van der Waals surface area contributed by atoms with E-state index in [1.54, 1.807) is 31.0 Å². The van der Waals surface area contributed by atoms with Crippen LogP contribution in [0.2, 0.25) is 0 Å². The molecule has 10 nitrogen and oxygen atoms in total. The van der Waals surface area contributed by atoms with Gasteiger partial charge in [0.25, 0.3) is 0 Å². The lowest BCUT2D eigenvalue weighted by Crippen LogP contribution is -2.07. The molecule has 0 saturated heterocycles. The number of alkyl halides is 3. The number of aromatic nitrogens is 8. The molecule has 4 heterocycles. The van der Waals surface area contributed by atoms with Crippen LogP contribution in [0.25, 0.3) is 33.8 Å². The first-order valence-electron chi connectivity index (χ1n) is 12.7. The van der Waals surface area contributed by atoms with Crippen molar-refractivity contribution in [1.82, 2.24) is 39.3 Å². The maximum atomic E-state index is 13.1. The molecule has 6 rings (SSSR count). The van der Waals surface area contributed by atoms with Crippen LogP contribution in [-0.4, -0.2) is 46.4 Å². The number of nitrogens with one attached hydrogen (secondary N) is 1. The van der Waals surface area contributed by atoms with Gasteiger partial charge in [-0.25, -0.2) is 24.9 Å². The van der Waals surface area contributed by atoms with E-state index in [0.717, 1.165) is 41.4 Å². The SMILES string of the molecule is COc1ncnc(C2CC2)c1-c1nc(NCc2ccc(-c3nc(C(F)(F)F)cn3C)cc2)c2c(C)n(C)nc2n1. The fourth-order valence-corrected chi connectivity index (χ4v) is 4.72. The van der Waals surface area contributed by atoms with Crippen LogP contribution in [-0.2, 0) is 26.8 Å². The van der Waals surface area contributed by atoms with Crippen LogP contribution in [0.4, 0.5) is 19.0 Å². The minimum absolute atomic E-state index is 0.241. The van der Waals surface area contributed by atoms with E-state index < -0.39 is 11.9 Å². The van der Waals surface area contributed by atoms with Crippen LogP contribution in [0.1, 0.15) is 41.4 Å². The molecule has 0 spiro atoms. The fourth-order valence-electron chi connectivity index (χ4n) is 4.72. The van der Waals surface area contributed by atoms with Gasteiger partial charge in [-0.2, -0.15) is 18.3 Å². The Kier molecular flexibility index (Phi) is 6.15. The number of fused-ring (bicyclic) bond motifs is 1. The molecule has 0 amide bonds. The summed E-state index contributed by atoms with van der Waals surface area (Å²) in [5.41, 5.74) is 3.53. The summed E-state index contributed by atoms with van der Waals surface area (Å²) < 4.78 is 48.0. The first-order chi connectivity index (χ1) is 19.1. The van der Waals surface area contributed by atoms with Crippen molar-refractivity contribution in [3.8, 4) is 28.7 Å². The molecule has 1 aliphatic rings. The van der Waals surface area contributed by atoms with Gasteiger partial charge in [-0.15, -0.1) is 0 Å². The molecular weight excluding hydrogens is 523 g/mol. The van der Waals surface area contributed by atoms with Crippen LogP contribution in [0, 0.1) is 6.92 Å². The molecule has 1 fully saturated rings. The molecule has 0 unspecified atom stereocenters. The summed E-state index contributed by atoms with van der Waals surface area (Å²) >= 11 is 0. The third kappa shape index (κ3) is 4.61. The lowest BCUT2D eigenvalue weighted by molar-refractivity contribution is -0.140. The highest BCUT2D eigenvalue weighted by atomic mass is 19.4. The van der Waals surface area contributed by atoms with Crippen molar-refractivity contribution in [3.05, 3.63) is 59.4 Å². The number of hydrogen-bond donors (Lipinski definition) is 1. The largest absolute Gasteiger partial charge is 0.480 e. The molecule has 5 aromatic rings. The quantitative estimate of drug-likeness (QED) is 0.301. The topological polar surface area (TPSA) is 108 Å². The van der Waals surface area contributed by atoms with Crippen LogP contribution in [0.15, 0.2) is 36.8 Å². The first-order valence-corrected chi connectivity index (χ1v) is 12.7. The predicted octanol–water partition coefficient (Wildman–Crippen LogP) is 5.05. The Hall–Kier alpha value is -4.55. The van der Waals surface area contributed by atoms with Crippen molar-refractivity contribution in [2.45, 2.75) is 38.4 Å². The lowest BCUT2D eigenvalue weighted by Gasteiger charge is -2.13. The Morgan fingerprint density at radius 1 is 1.05 bits per heavy atom. The standard InChI is InChI=1S/C27H26F3N9O/c1-14-19-22(31-11-15-5-7-17(8-6-15)25-34-18(12-38(25)2)27(28,29)30)35-23(36-24(19)37-39(14)3)20-21(16-9-10-16)32-13-33-26(20)40-4/h5-8,12-13,16H,9-11H2,1-4H3,(H,31,35,36,37). The Labute approximate surface area is 227 Å². The Morgan fingerprint density at radius 2 is 1.80 bits per heavy atom. The average molecular weight is 550 g/mol. The zero-order valence-corrected chi connectivity index (χ0v) is 22.3. The summed E-state index contributed by atoms with van der Waals surface area (Å²) in [6.45, 7) is 2.36. The zero-order chi connectivity index (χ0) is 28.2. The molecule has 40 heavy (non-hydrogen) atoms. The van der Waals surface area contributed by atoms with Crippen molar-refractivity contribution in [2.24, 2.45) is 14.1 Å². The number of hydrogen-bond acceptors (Lipinski definition) is 8. The molecule has 0 radical (unpaired) electrons. The van der Waals surface area contributed by atoms with E-state index in [1.165, 1.54) is 10.9 Å². The van der Waals surface area contributed by atoms with Gasteiger partial charge in [-0.1, -0.05) is 24.3 Å². The normalized spacial score (nSPS) is 13.7. The van der Waals surface area contributed by atoms with Gasteiger partial charge in [0.05, 0.1) is 18.2 Å². The highest BCUT2D eigenvalue weighted by Gasteiger charge is 2.35. The molecule has 1 saturated carbocycles. The maximum absolute atomic E-state index is 13.1. The van der Waals surface area contributed by atoms with Crippen molar-refractivity contribution in [3.63, 3.8) is 0 Å². The molecule has 206 valence electrons. The van der Waals surface area contributed by atoms with Gasteiger partial charge in [-0.05, 0) is 25.3 Å². The average Bonchev–Trinajstić information content (AvgIpc) is 3.64. The van der Waals surface area contributed by atoms with Crippen molar-refractivity contribution >= 4 is 16.9 Å². The molecule has 0 atom stereocenters. The van der Waals surface area contributed by atoms with Gasteiger partial charge in [0.2, 0.25) is 5.88 Å². The smallest absolute Gasteiger partial charge is 0.434 e. The van der Waals surface area contributed by atoms with Crippen LogP contribution < -0.4 is 10.1 Å². The number of imidazole rings is 1. The van der Waals surface area contributed by atoms with E-state index in [9.17, 15) is 13.2 Å². The summed E-state index contributed by atoms with van der Waals surface area (Å²) in [5, 5.41) is 8.79. The highest BCUT2D eigenvalue weighted by Crippen LogP contribution is 2.45. The van der Waals surface area contributed by atoms with Crippen LogP contribution >= 0.6 is 0 Å². The molecule has 1 aromatic carbocycles. The Balaban J connectivity index is 1.33. The molecule has 0 aliphatic heterocycles. The number of aryl methyl sites for hydroxylation is 3. The van der Waals surface area contributed by atoms with E-state index >= 15 is 0 Å². The summed E-state index contributed by atoms with van der Waals surface area (Å²) in [6.07, 6.45) is 0.0584. The van der Waals surface area contributed by atoms with Crippen molar-refractivity contribution in [1.29, 1.82) is 0 Å². The summed E-state index contributed by atoms with van der Waals surface area (Å²) in [4.78, 5) is 22.2. The molecule has 13 heteroatoms. The molecule has 0 bridgehead atoms. The van der Waals surface area contributed by atoms with Crippen molar-refractivity contribution in [2.75, 3.05) is 12.4 Å². The van der Waals surface area contributed by atoms with E-state index in [-0.39, 0.29) is 5.82 Å². The lowest BCUT2D eigenvalue weighted by atomic mass is 10.1. The second-order valence-electron chi connectivity index (χ2n) is 9.83. The summed E-state index contributed by atoms with van der Waals surface area (Å²) in [6, 6.07) is 7.20. The Bertz CT molecular complexity index is 1720. The Morgan fingerprint density at radius 3 is 2.45 bits per heavy atom. The number of methoxy groups -OCH3 is 1. The summed E-state index contributed by atoms with van der Waals surface area (Å²) in [7, 11) is 4.95. The number of rotatable bonds is 7. The number of benzene rings is 1. The monoisotopic (exact) mass is 549 g/mol. The number of nitrogens with zero attached hydrogens (tertiary/aromatic N) is 8. The third-order valence-corrected chi connectivity index (χ3v) is 7.04. The van der Waals surface area contributed by atoms with Gasteiger partial charge in [0.15, 0.2) is 17.2 Å². The molecule has 1 N–H and O–H groups in total. The maximum Gasteiger partial charge on any atom is 0.434 e. The number of anilines is 1. The van der Waals surface area contributed by atoms with E-state index in [2.05, 4.69) is 25.4 Å². The van der Waals surface area contributed by atoms with Gasteiger partial charge >= 0.3 is 6.18 Å². The van der Waals surface area contributed by atoms with Crippen LogP contribution in [0.3, 0.4) is 0 Å². The third-order valence-electron chi connectivity index (χ3n) is 7.04. The van der Waals surface area contributed by atoms with Crippen molar-refractivity contribution < 1.29 is 17.9 Å². The molecule has 1 aliphatic carbocycles. The highest BCUT2D eigenvalue weighted by molar-refractivity contribution is 5.91. The van der Waals surface area contributed by atoms with Gasteiger partial charge in [0.1, 0.15) is 23.5 Å².